The zero-order chi connectivity index (χ0) is 21.3. The van der Waals surface area contributed by atoms with E-state index in [2.05, 4.69) is 17.2 Å². The summed E-state index contributed by atoms with van der Waals surface area (Å²) >= 11 is 0. The first-order valence-corrected chi connectivity index (χ1v) is 9.33. The normalized spacial score (nSPS) is 9.80. The van der Waals surface area contributed by atoms with E-state index < -0.39 is 5.97 Å². The summed E-state index contributed by atoms with van der Waals surface area (Å²) in [5, 5.41) is 2.80. The molecule has 1 N–H and O–H groups in total. The Morgan fingerprint density at radius 1 is 0.900 bits per heavy atom. The van der Waals surface area contributed by atoms with E-state index in [1.165, 1.54) is 7.11 Å². The summed E-state index contributed by atoms with van der Waals surface area (Å²) in [5.41, 5.74) is 3.62. The summed E-state index contributed by atoms with van der Waals surface area (Å²) in [6.45, 7) is 1.90. The molecule has 1 amide bonds. The molecule has 0 aliphatic rings. The number of carbonyl (C=O) groups is 2. The van der Waals surface area contributed by atoms with Crippen molar-refractivity contribution in [3.8, 4) is 17.6 Å². The molecule has 0 bridgehead atoms. The molecule has 150 valence electrons. The number of ether oxygens (including phenoxy) is 2. The summed E-state index contributed by atoms with van der Waals surface area (Å²) in [4.78, 5) is 23.8. The summed E-state index contributed by atoms with van der Waals surface area (Å²) in [5.74, 6) is 6.03. The van der Waals surface area contributed by atoms with E-state index in [0.29, 0.717) is 22.6 Å². The number of benzene rings is 3. The van der Waals surface area contributed by atoms with E-state index in [1.54, 1.807) is 30.3 Å². The van der Waals surface area contributed by atoms with Gasteiger partial charge in [0, 0.05) is 16.8 Å². The van der Waals surface area contributed by atoms with Crippen molar-refractivity contribution in [3.05, 3.63) is 95.1 Å². The first-order chi connectivity index (χ1) is 14.5. The molecule has 0 fully saturated rings. The highest BCUT2D eigenvalue weighted by molar-refractivity contribution is 5.92. The SMILES string of the molecule is COC(=O)c1cccc(C#Cc2cccc(NC(=O)COc3ccc(C)cc3)c2)c1. The molecule has 0 aliphatic carbocycles. The molecule has 0 spiro atoms. The Hall–Kier alpha value is -4.04. The molecular formula is C25H21NO4. The highest BCUT2D eigenvalue weighted by atomic mass is 16.5. The second-order valence-electron chi connectivity index (χ2n) is 6.55. The number of methoxy groups -OCH3 is 1. The van der Waals surface area contributed by atoms with Crippen molar-refractivity contribution in [1.82, 2.24) is 0 Å². The number of rotatable bonds is 5. The van der Waals surface area contributed by atoms with Gasteiger partial charge in [0.2, 0.25) is 0 Å². The fourth-order valence-electron chi connectivity index (χ4n) is 2.64. The topological polar surface area (TPSA) is 64.6 Å². The van der Waals surface area contributed by atoms with E-state index in [-0.39, 0.29) is 12.5 Å². The number of amides is 1. The Morgan fingerprint density at radius 3 is 2.27 bits per heavy atom. The average Bonchev–Trinajstić information content (AvgIpc) is 2.77. The van der Waals surface area contributed by atoms with Crippen LogP contribution in [0.1, 0.15) is 27.0 Å². The number of aryl methyl sites for hydroxylation is 1. The summed E-state index contributed by atoms with van der Waals surface area (Å²) in [7, 11) is 1.34. The van der Waals surface area contributed by atoms with Crippen molar-refractivity contribution in [1.29, 1.82) is 0 Å². The standard InChI is InChI=1S/C25H21NO4/c1-18-9-13-23(14-10-18)30-17-24(27)26-22-8-4-6-20(16-22)12-11-19-5-3-7-21(15-19)25(28)29-2/h3-10,13-16H,17H2,1-2H3,(H,26,27). The van der Waals surface area contributed by atoms with Crippen LogP contribution in [0.2, 0.25) is 0 Å². The third kappa shape index (κ3) is 5.98. The van der Waals surface area contributed by atoms with Crippen molar-refractivity contribution in [2.24, 2.45) is 0 Å². The van der Waals surface area contributed by atoms with Crippen LogP contribution < -0.4 is 10.1 Å². The second-order valence-corrected chi connectivity index (χ2v) is 6.55. The van der Waals surface area contributed by atoms with Gasteiger partial charge in [-0.1, -0.05) is 41.7 Å². The minimum Gasteiger partial charge on any atom is -0.484 e. The van der Waals surface area contributed by atoms with Gasteiger partial charge < -0.3 is 14.8 Å². The van der Waals surface area contributed by atoms with Gasteiger partial charge in [-0.25, -0.2) is 4.79 Å². The third-order valence-corrected chi connectivity index (χ3v) is 4.17. The van der Waals surface area contributed by atoms with Gasteiger partial charge in [-0.2, -0.15) is 0 Å². The lowest BCUT2D eigenvalue weighted by atomic mass is 10.1. The molecule has 0 aromatic heterocycles. The van der Waals surface area contributed by atoms with Gasteiger partial charge in [-0.05, 0) is 55.5 Å². The predicted molar refractivity (Wildman–Crippen MR) is 116 cm³/mol. The highest BCUT2D eigenvalue weighted by Crippen LogP contribution is 2.13. The van der Waals surface area contributed by atoms with Crippen molar-refractivity contribution >= 4 is 17.6 Å². The van der Waals surface area contributed by atoms with Gasteiger partial charge in [-0.3, -0.25) is 4.79 Å². The predicted octanol–water partition coefficient (Wildman–Crippen LogP) is 4.20. The lowest BCUT2D eigenvalue weighted by Gasteiger charge is -2.08. The average molecular weight is 399 g/mol. The van der Waals surface area contributed by atoms with E-state index in [0.717, 1.165) is 11.1 Å². The molecule has 0 saturated carbocycles. The van der Waals surface area contributed by atoms with E-state index in [9.17, 15) is 9.59 Å². The molecule has 5 heteroatoms. The number of hydrogen-bond donors (Lipinski definition) is 1. The Kier molecular flexibility index (Phi) is 6.86. The molecule has 0 saturated heterocycles. The molecule has 0 aliphatic heterocycles. The highest BCUT2D eigenvalue weighted by Gasteiger charge is 2.05. The number of carbonyl (C=O) groups excluding carboxylic acids is 2. The minimum atomic E-state index is -0.406. The number of anilines is 1. The van der Waals surface area contributed by atoms with E-state index in [1.807, 2.05) is 49.4 Å². The van der Waals surface area contributed by atoms with E-state index >= 15 is 0 Å². The Balaban J connectivity index is 1.62. The zero-order valence-electron chi connectivity index (χ0n) is 16.8. The van der Waals surface area contributed by atoms with Gasteiger partial charge in [0.05, 0.1) is 12.7 Å². The Labute approximate surface area is 175 Å². The molecule has 5 nitrogen and oxygen atoms in total. The lowest BCUT2D eigenvalue weighted by molar-refractivity contribution is -0.118. The Morgan fingerprint density at radius 2 is 1.57 bits per heavy atom. The molecule has 0 atom stereocenters. The van der Waals surface area contributed by atoms with E-state index in [4.69, 9.17) is 9.47 Å². The van der Waals surface area contributed by atoms with Crippen molar-refractivity contribution < 1.29 is 19.1 Å². The van der Waals surface area contributed by atoms with Crippen LogP contribution in [0.4, 0.5) is 5.69 Å². The maximum atomic E-state index is 12.2. The quantitative estimate of drug-likeness (QED) is 0.516. The molecule has 3 rings (SSSR count). The molecule has 3 aromatic rings. The van der Waals surface area contributed by atoms with Crippen molar-refractivity contribution in [2.45, 2.75) is 6.92 Å². The number of hydrogen-bond acceptors (Lipinski definition) is 4. The van der Waals surface area contributed by atoms with Gasteiger partial charge in [-0.15, -0.1) is 0 Å². The zero-order valence-corrected chi connectivity index (χ0v) is 16.8. The molecule has 0 heterocycles. The van der Waals surface area contributed by atoms with Crippen LogP contribution in [0.5, 0.6) is 5.75 Å². The lowest BCUT2D eigenvalue weighted by Crippen LogP contribution is -2.20. The summed E-state index contributed by atoms with van der Waals surface area (Å²) in [6.07, 6.45) is 0. The van der Waals surface area contributed by atoms with Crippen LogP contribution in [0.25, 0.3) is 0 Å². The van der Waals surface area contributed by atoms with Gasteiger partial charge in [0.15, 0.2) is 6.61 Å². The van der Waals surface area contributed by atoms with Crippen LogP contribution >= 0.6 is 0 Å². The van der Waals surface area contributed by atoms with Gasteiger partial charge >= 0.3 is 5.97 Å². The van der Waals surface area contributed by atoms with Crippen molar-refractivity contribution in [3.63, 3.8) is 0 Å². The maximum absolute atomic E-state index is 12.2. The molecular weight excluding hydrogens is 378 g/mol. The molecule has 0 unspecified atom stereocenters. The summed E-state index contributed by atoms with van der Waals surface area (Å²) in [6, 6.07) is 21.6. The van der Waals surface area contributed by atoms with Gasteiger partial charge in [0.25, 0.3) is 5.91 Å². The minimum absolute atomic E-state index is 0.0840. The largest absolute Gasteiger partial charge is 0.484 e. The first-order valence-electron chi connectivity index (χ1n) is 9.33. The first kappa shape index (κ1) is 20.7. The van der Waals surface area contributed by atoms with Crippen LogP contribution in [-0.2, 0) is 9.53 Å². The van der Waals surface area contributed by atoms with Crippen LogP contribution in [-0.4, -0.2) is 25.6 Å². The fraction of sp³-hybridized carbons (Fsp3) is 0.120. The Bertz CT molecular complexity index is 1110. The van der Waals surface area contributed by atoms with Crippen LogP contribution in [0.3, 0.4) is 0 Å². The second kappa shape index (κ2) is 9.94. The third-order valence-electron chi connectivity index (χ3n) is 4.17. The number of nitrogens with one attached hydrogen (secondary N) is 1. The maximum Gasteiger partial charge on any atom is 0.337 e. The number of esters is 1. The van der Waals surface area contributed by atoms with Crippen molar-refractivity contribution in [2.75, 3.05) is 19.0 Å². The van der Waals surface area contributed by atoms with Gasteiger partial charge in [0.1, 0.15) is 5.75 Å². The van der Waals surface area contributed by atoms with Crippen LogP contribution in [0, 0.1) is 18.8 Å². The smallest absolute Gasteiger partial charge is 0.337 e. The monoisotopic (exact) mass is 399 g/mol. The summed E-state index contributed by atoms with van der Waals surface area (Å²) < 4.78 is 10.2. The molecule has 3 aromatic carbocycles. The molecule has 0 radical (unpaired) electrons. The fourth-order valence-corrected chi connectivity index (χ4v) is 2.64. The molecule has 30 heavy (non-hydrogen) atoms. The van der Waals surface area contributed by atoms with Crippen LogP contribution in [0.15, 0.2) is 72.8 Å².